The van der Waals surface area contributed by atoms with E-state index in [-0.39, 0.29) is 26.1 Å². The van der Waals surface area contributed by atoms with E-state index in [1.165, 1.54) is 0 Å². The van der Waals surface area contributed by atoms with E-state index in [0.717, 1.165) is 21.9 Å². The molecule has 0 aliphatic heterocycles. The van der Waals surface area contributed by atoms with Crippen LogP contribution >= 0.6 is 0 Å². The molecule has 0 radical (unpaired) electrons. The second-order valence-electron chi connectivity index (χ2n) is 7.36. The topological polar surface area (TPSA) is 52.6 Å². The van der Waals surface area contributed by atoms with Gasteiger partial charge in [-0.15, -0.1) is 0 Å². The second-order valence-corrected chi connectivity index (χ2v) is 7.36. The Labute approximate surface area is 183 Å². The molecule has 0 N–H and O–H groups in total. The smallest absolute Gasteiger partial charge is 0.324 e. The molecule has 3 rings (SSSR count). The summed E-state index contributed by atoms with van der Waals surface area (Å²) in [5.41, 5.74) is 0.447. The van der Waals surface area contributed by atoms with Gasteiger partial charge in [-0.3, -0.25) is 9.59 Å². The van der Waals surface area contributed by atoms with Crippen molar-refractivity contribution >= 4 is 28.8 Å². The minimum absolute atomic E-state index is 0.183. The maximum Gasteiger partial charge on any atom is 0.324 e. The maximum atomic E-state index is 13.2. The monoisotopic (exact) mass is 416 g/mol. The SMILES string of the molecule is CCOC(=O)C(C/C=C/c1ccccc1)(Cc1cccc2ccccc12)C(=O)OCC. The van der Waals surface area contributed by atoms with Gasteiger partial charge in [0.1, 0.15) is 0 Å². The molecular weight excluding hydrogens is 388 g/mol. The quantitative estimate of drug-likeness (QED) is 0.337. The van der Waals surface area contributed by atoms with E-state index < -0.39 is 17.4 Å². The van der Waals surface area contributed by atoms with Crippen LogP contribution in [0.1, 0.15) is 31.4 Å². The van der Waals surface area contributed by atoms with E-state index in [4.69, 9.17) is 9.47 Å². The van der Waals surface area contributed by atoms with Crippen LogP contribution in [0.5, 0.6) is 0 Å². The van der Waals surface area contributed by atoms with Crippen molar-refractivity contribution in [1.82, 2.24) is 0 Å². The highest BCUT2D eigenvalue weighted by Gasteiger charge is 2.48. The number of esters is 2. The molecular formula is C27H28O4. The number of fused-ring (bicyclic) bond motifs is 1. The molecule has 0 aromatic heterocycles. The molecule has 4 heteroatoms. The Morgan fingerprint density at radius 3 is 2.10 bits per heavy atom. The van der Waals surface area contributed by atoms with Crippen LogP contribution in [0.3, 0.4) is 0 Å². The van der Waals surface area contributed by atoms with Crippen LogP contribution < -0.4 is 0 Å². The fraction of sp³-hybridized carbons (Fsp3) is 0.259. The number of allylic oxidation sites excluding steroid dienone is 1. The van der Waals surface area contributed by atoms with E-state index in [1.807, 2.05) is 84.9 Å². The van der Waals surface area contributed by atoms with Crippen LogP contribution in [-0.4, -0.2) is 25.2 Å². The Bertz CT molecular complexity index is 1030. The number of ether oxygens (including phenoxy) is 2. The number of rotatable bonds is 9. The van der Waals surface area contributed by atoms with Gasteiger partial charge in [-0.2, -0.15) is 0 Å². The predicted octanol–water partition coefficient (Wildman–Crippen LogP) is 5.60. The molecule has 0 fully saturated rings. The first-order valence-corrected chi connectivity index (χ1v) is 10.6. The van der Waals surface area contributed by atoms with Crippen molar-refractivity contribution < 1.29 is 19.1 Å². The minimum Gasteiger partial charge on any atom is -0.465 e. The Morgan fingerprint density at radius 2 is 1.42 bits per heavy atom. The van der Waals surface area contributed by atoms with E-state index >= 15 is 0 Å². The fourth-order valence-electron chi connectivity index (χ4n) is 3.74. The molecule has 0 saturated carbocycles. The maximum absolute atomic E-state index is 13.2. The summed E-state index contributed by atoms with van der Waals surface area (Å²) in [6.45, 7) is 3.87. The number of hydrogen-bond acceptors (Lipinski definition) is 4. The molecule has 0 unspecified atom stereocenters. The standard InChI is InChI=1S/C27H28O4/c1-3-30-25(28)27(26(29)31-4-2,19-11-14-21-12-6-5-7-13-21)20-23-17-10-16-22-15-8-9-18-24(22)23/h5-18H,3-4,19-20H2,1-2H3/b14-11+. The van der Waals surface area contributed by atoms with Gasteiger partial charge in [0, 0.05) is 6.42 Å². The first-order chi connectivity index (χ1) is 15.1. The van der Waals surface area contributed by atoms with E-state index in [9.17, 15) is 9.59 Å². The zero-order chi connectivity index (χ0) is 22.1. The Hall–Kier alpha value is -3.40. The molecule has 3 aromatic carbocycles. The van der Waals surface area contributed by atoms with E-state index in [2.05, 4.69) is 0 Å². The van der Waals surface area contributed by atoms with Crippen LogP contribution in [-0.2, 0) is 25.5 Å². The summed E-state index contributed by atoms with van der Waals surface area (Å²) in [4.78, 5) is 26.4. The van der Waals surface area contributed by atoms with Gasteiger partial charge in [-0.25, -0.2) is 0 Å². The Balaban J connectivity index is 2.04. The highest BCUT2D eigenvalue weighted by Crippen LogP contribution is 2.34. The number of benzene rings is 3. The molecule has 3 aromatic rings. The van der Waals surface area contributed by atoms with Gasteiger partial charge in [0.2, 0.25) is 0 Å². The van der Waals surface area contributed by atoms with E-state index in [0.29, 0.717) is 0 Å². The third-order valence-electron chi connectivity index (χ3n) is 5.28. The zero-order valence-corrected chi connectivity index (χ0v) is 18.0. The molecule has 0 aliphatic carbocycles. The minimum atomic E-state index is -1.46. The van der Waals surface area contributed by atoms with Gasteiger partial charge in [-0.1, -0.05) is 84.9 Å². The number of carbonyl (C=O) groups excluding carboxylic acids is 2. The highest BCUT2D eigenvalue weighted by atomic mass is 16.6. The molecule has 0 saturated heterocycles. The van der Waals surface area contributed by atoms with Crippen molar-refractivity contribution in [2.75, 3.05) is 13.2 Å². The summed E-state index contributed by atoms with van der Waals surface area (Å²) >= 11 is 0. The molecule has 0 spiro atoms. The lowest BCUT2D eigenvalue weighted by Crippen LogP contribution is -2.43. The molecule has 160 valence electrons. The van der Waals surface area contributed by atoms with Crippen LogP contribution in [0.2, 0.25) is 0 Å². The van der Waals surface area contributed by atoms with Gasteiger partial charge >= 0.3 is 11.9 Å². The van der Waals surface area contributed by atoms with Gasteiger partial charge in [-0.05, 0) is 42.2 Å². The van der Waals surface area contributed by atoms with Crippen molar-refractivity contribution in [3.8, 4) is 0 Å². The van der Waals surface area contributed by atoms with Gasteiger partial charge in [0.05, 0.1) is 13.2 Å². The zero-order valence-electron chi connectivity index (χ0n) is 18.0. The van der Waals surface area contributed by atoms with Crippen molar-refractivity contribution in [2.24, 2.45) is 5.41 Å². The average Bonchev–Trinajstić information content (AvgIpc) is 2.79. The van der Waals surface area contributed by atoms with Gasteiger partial charge in [0.25, 0.3) is 0 Å². The van der Waals surface area contributed by atoms with Crippen molar-refractivity contribution in [3.63, 3.8) is 0 Å². The molecule has 0 heterocycles. The highest BCUT2D eigenvalue weighted by molar-refractivity contribution is 6.01. The third kappa shape index (κ3) is 5.21. The Kier molecular flexibility index (Phi) is 7.60. The lowest BCUT2D eigenvalue weighted by atomic mass is 9.77. The van der Waals surface area contributed by atoms with Crippen LogP contribution in [0, 0.1) is 5.41 Å². The first kappa shape index (κ1) is 22.3. The normalized spacial score (nSPS) is 11.5. The number of hydrogen-bond donors (Lipinski definition) is 0. The van der Waals surface area contributed by atoms with Crippen LogP contribution in [0.25, 0.3) is 16.8 Å². The van der Waals surface area contributed by atoms with Crippen LogP contribution in [0.15, 0.2) is 78.9 Å². The van der Waals surface area contributed by atoms with Crippen molar-refractivity contribution in [2.45, 2.75) is 26.7 Å². The average molecular weight is 417 g/mol. The van der Waals surface area contributed by atoms with Crippen LogP contribution in [0.4, 0.5) is 0 Å². The summed E-state index contributed by atoms with van der Waals surface area (Å²) in [6.07, 6.45) is 4.15. The third-order valence-corrected chi connectivity index (χ3v) is 5.28. The molecule has 0 bridgehead atoms. The molecule has 31 heavy (non-hydrogen) atoms. The molecule has 4 nitrogen and oxygen atoms in total. The molecule has 0 aliphatic rings. The van der Waals surface area contributed by atoms with Crippen molar-refractivity contribution in [1.29, 1.82) is 0 Å². The summed E-state index contributed by atoms with van der Waals surface area (Å²) in [5, 5.41) is 2.07. The lowest BCUT2D eigenvalue weighted by Gasteiger charge is -2.29. The molecule has 0 amide bonds. The number of carbonyl (C=O) groups is 2. The Morgan fingerprint density at radius 1 is 0.806 bits per heavy atom. The van der Waals surface area contributed by atoms with E-state index in [1.54, 1.807) is 13.8 Å². The van der Waals surface area contributed by atoms with Gasteiger partial charge in [0.15, 0.2) is 5.41 Å². The fourth-order valence-corrected chi connectivity index (χ4v) is 3.74. The largest absolute Gasteiger partial charge is 0.465 e. The summed E-state index contributed by atoms with van der Waals surface area (Å²) < 4.78 is 10.8. The second kappa shape index (κ2) is 10.6. The lowest BCUT2D eigenvalue weighted by molar-refractivity contribution is -0.171. The molecule has 0 atom stereocenters. The van der Waals surface area contributed by atoms with Crippen molar-refractivity contribution in [3.05, 3.63) is 90.0 Å². The summed E-state index contributed by atoms with van der Waals surface area (Å²) in [7, 11) is 0. The van der Waals surface area contributed by atoms with Gasteiger partial charge < -0.3 is 9.47 Å². The summed E-state index contributed by atoms with van der Waals surface area (Å²) in [5.74, 6) is -1.11. The summed E-state index contributed by atoms with van der Waals surface area (Å²) in [6, 6.07) is 23.6. The first-order valence-electron chi connectivity index (χ1n) is 10.6. The predicted molar refractivity (Wildman–Crippen MR) is 123 cm³/mol.